The van der Waals surface area contributed by atoms with E-state index in [0.29, 0.717) is 67.3 Å². The maximum Gasteiger partial charge on any atom is 0.270 e. The number of aromatic nitrogens is 3. The molecule has 4 heterocycles. The molecule has 2 aliphatic heterocycles. The number of fused-ring (bicyclic) bond motifs is 1. The summed E-state index contributed by atoms with van der Waals surface area (Å²) in [5.41, 5.74) is 1.96. The number of nitrogens with zero attached hydrogens (tertiary/aromatic N) is 5. The lowest BCUT2D eigenvalue weighted by Crippen LogP contribution is -2.56. The molecule has 2 aromatic heterocycles. The van der Waals surface area contributed by atoms with Crippen LogP contribution >= 0.6 is 11.6 Å². The van der Waals surface area contributed by atoms with Crippen molar-refractivity contribution in [1.29, 1.82) is 0 Å². The predicted octanol–water partition coefficient (Wildman–Crippen LogP) is 2.79. The Kier molecular flexibility index (Phi) is 9.19. The van der Waals surface area contributed by atoms with Crippen LogP contribution in [0.5, 0.6) is 5.75 Å². The molecular weight excluding hydrogens is 574 g/mol. The van der Waals surface area contributed by atoms with Crippen LogP contribution in [-0.2, 0) is 29.8 Å². The first-order valence-electron chi connectivity index (χ1n) is 14.4. The lowest BCUT2D eigenvalue weighted by Gasteiger charge is -2.39. The normalized spacial score (nSPS) is 16.3. The van der Waals surface area contributed by atoms with Gasteiger partial charge in [-0.05, 0) is 23.6 Å². The number of benzene rings is 1. The molecule has 12 nitrogen and oxygen atoms in total. The van der Waals surface area contributed by atoms with E-state index in [9.17, 15) is 14.7 Å². The highest BCUT2D eigenvalue weighted by molar-refractivity contribution is 6.33. The number of oxazole rings is 1. The Morgan fingerprint density at radius 2 is 2.05 bits per heavy atom. The first-order valence-corrected chi connectivity index (χ1v) is 14.7. The van der Waals surface area contributed by atoms with Gasteiger partial charge >= 0.3 is 0 Å². The van der Waals surface area contributed by atoms with Gasteiger partial charge in [0.15, 0.2) is 12.2 Å². The van der Waals surface area contributed by atoms with Gasteiger partial charge in [-0.2, -0.15) is 0 Å². The third-order valence-corrected chi connectivity index (χ3v) is 7.92. The minimum absolute atomic E-state index is 0.0335. The maximum atomic E-state index is 13.1. The number of nitrogens with one attached hydrogen (secondary N) is 2. The molecule has 1 aromatic carbocycles. The molecule has 0 spiro atoms. The van der Waals surface area contributed by atoms with Crippen molar-refractivity contribution < 1.29 is 23.8 Å². The topological polar surface area (TPSA) is 146 Å². The van der Waals surface area contributed by atoms with Crippen LogP contribution in [0.1, 0.15) is 60.9 Å². The number of rotatable bonds is 10. The number of carbonyl (C=O) groups excluding carboxylic acids is 2. The molecule has 1 fully saturated rings. The number of aliphatic hydroxyl groups is 1. The van der Waals surface area contributed by atoms with Crippen molar-refractivity contribution >= 4 is 29.2 Å². The molecule has 0 unspecified atom stereocenters. The number of amides is 2. The van der Waals surface area contributed by atoms with Crippen LogP contribution in [0.25, 0.3) is 0 Å². The molecule has 0 bridgehead atoms. The summed E-state index contributed by atoms with van der Waals surface area (Å²) >= 11 is 6.65. The summed E-state index contributed by atoms with van der Waals surface area (Å²) < 4.78 is 11.0. The average molecular weight is 612 g/mol. The molecule has 2 aliphatic rings. The van der Waals surface area contributed by atoms with Gasteiger partial charge in [0.2, 0.25) is 5.91 Å². The Labute approximate surface area is 255 Å². The fourth-order valence-electron chi connectivity index (χ4n) is 5.05. The zero-order valence-electron chi connectivity index (χ0n) is 24.9. The second-order valence-electron chi connectivity index (χ2n) is 12.1. The minimum Gasteiger partial charge on any atom is -0.484 e. The van der Waals surface area contributed by atoms with Crippen LogP contribution in [0.15, 0.2) is 35.2 Å². The van der Waals surface area contributed by atoms with Gasteiger partial charge in [0.25, 0.3) is 5.91 Å². The van der Waals surface area contributed by atoms with Crippen LogP contribution in [0.4, 0.5) is 5.82 Å². The lowest BCUT2D eigenvalue weighted by atomic mass is 9.95. The Bertz CT molecular complexity index is 1450. The van der Waals surface area contributed by atoms with Crippen LogP contribution in [0, 0.1) is 0 Å². The van der Waals surface area contributed by atoms with Crippen molar-refractivity contribution in [1.82, 2.24) is 30.1 Å². The van der Waals surface area contributed by atoms with Crippen LogP contribution in [0.3, 0.4) is 0 Å². The number of ether oxygens (including phenoxy) is 1. The van der Waals surface area contributed by atoms with Gasteiger partial charge in [-0.3, -0.25) is 14.5 Å². The van der Waals surface area contributed by atoms with Crippen LogP contribution in [-0.4, -0.2) is 86.5 Å². The van der Waals surface area contributed by atoms with E-state index in [-0.39, 0.29) is 42.1 Å². The summed E-state index contributed by atoms with van der Waals surface area (Å²) in [7, 11) is 0. The van der Waals surface area contributed by atoms with E-state index >= 15 is 0 Å². The van der Waals surface area contributed by atoms with Crippen molar-refractivity contribution in [3.63, 3.8) is 0 Å². The van der Waals surface area contributed by atoms with Crippen molar-refractivity contribution in [3.05, 3.63) is 64.2 Å². The largest absolute Gasteiger partial charge is 0.484 e. The average Bonchev–Trinajstić information content (AvgIpc) is 3.46. The Hall–Kier alpha value is -3.74. The maximum absolute atomic E-state index is 13.1. The highest BCUT2D eigenvalue weighted by Crippen LogP contribution is 2.34. The highest BCUT2D eigenvalue weighted by Gasteiger charge is 2.30. The standard InChI is InChI=1S/C30H38ClN7O5/c1-18(39)38-13-20(14-38)34-26-9-24(35-29(36-26)30(2,3)4)28(41)33-10-21(40)15-37-8-7-23-19(12-37)5-6-25(27(23)31)42-16-22-11-32-17-43-22/h5-6,9,11,17,20-21,40H,7-8,10,12-16H2,1-4H3,(H,33,41)(H,34,35,36)/t21-/m0/s1. The molecule has 43 heavy (non-hydrogen) atoms. The van der Waals surface area contributed by atoms with E-state index < -0.39 is 6.10 Å². The van der Waals surface area contributed by atoms with Gasteiger partial charge in [-0.25, -0.2) is 15.0 Å². The molecule has 3 aromatic rings. The molecule has 5 rings (SSSR count). The zero-order valence-corrected chi connectivity index (χ0v) is 25.6. The lowest BCUT2D eigenvalue weighted by molar-refractivity contribution is -0.132. The number of hydrogen-bond acceptors (Lipinski definition) is 10. The summed E-state index contributed by atoms with van der Waals surface area (Å²) in [5, 5.41) is 17.5. The van der Waals surface area contributed by atoms with Gasteiger partial charge in [0, 0.05) is 57.7 Å². The van der Waals surface area contributed by atoms with E-state index in [4.69, 9.17) is 20.8 Å². The predicted molar refractivity (Wildman–Crippen MR) is 160 cm³/mol. The summed E-state index contributed by atoms with van der Waals surface area (Å²) in [6, 6.07) is 5.51. The summed E-state index contributed by atoms with van der Waals surface area (Å²) in [6.07, 6.45) is 2.89. The third kappa shape index (κ3) is 7.62. The second kappa shape index (κ2) is 12.9. The van der Waals surface area contributed by atoms with E-state index in [1.807, 2.05) is 32.9 Å². The fourth-order valence-corrected chi connectivity index (χ4v) is 5.38. The molecular formula is C30H38ClN7O5. The molecule has 2 amide bonds. The first kappa shape index (κ1) is 30.7. The van der Waals surface area contributed by atoms with Gasteiger partial charge in [-0.15, -0.1) is 0 Å². The van der Waals surface area contributed by atoms with Crippen molar-refractivity contribution in [2.45, 2.75) is 64.8 Å². The van der Waals surface area contributed by atoms with Crippen LogP contribution in [0.2, 0.25) is 5.02 Å². The third-order valence-electron chi connectivity index (χ3n) is 7.51. The Morgan fingerprint density at radius 1 is 1.26 bits per heavy atom. The molecule has 230 valence electrons. The summed E-state index contributed by atoms with van der Waals surface area (Å²) in [4.78, 5) is 41.5. The molecule has 0 saturated carbocycles. The molecule has 1 atom stereocenters. The van der Waals surface area contributed by atoms with E-state index in [1.165, 1.54) is 6.39 Å². The fraction of sp³-hybridized carbons (Fsp3) is 0.500. The van der Waals surface area contributed by atoms with E-state index in [2.05, 4.69) is 30.5 Å². The Balaban J connectivity index is 1.14. The number of halogens is 1. The number of anilines is 1. The van der Waals surface area contributed by atoms with Crippen LogP contribution < -0.4 is 15.4 Å². The smallest absolute Gasteiger partial charge is 0.270 e. The molecule has 3 N–H and O–H groups in total. The number of carbonyl (C=O) groups is 2. The van der Waals surface area contributed by atoms with Gasteiger partial charge in [0.05, 0.1) is 23.4 Å². The number of likely N-dealkylation sites (tertiary alicyclic amines) is 1. The number of β-amino-alcohol motifs (C(OH)–C–C–N with tert-alkyl or cyclic N) is 1. The zero-order chi connectivity index (χ0) is 30.7. The van der Waals surface area contributed by atoms with Crippen molar-refractivity contribution in [3.8, 4) is 5.75 Å². The van der Waals surface area contributed by atoms with E-state index in [1.54, 1.807) is 24.1 Å². The molecule has 0 radical (unpaired) electrons. The number of hydrogen-bond donors (Lipinski definition) is 3. The second-order valence-corrected chi connectivity index (χ2v) is 12.5. The van der Waals surface area contributed by atoms with E-state index in [0.717, 1.165) is 11.1 Å². The summed E-state index contributed by atoms with van der Waals surface area (Å²) in [6.45, 7) is 10.7. The molecule has 13 heteroatoms. The Morgan fingerprint density at radius 3 is 2.74 bits per heavy atom. The minimum atomic E-state index is -0.778. The SMILES string of the molecule is CC(=O)N1CC(Nc2cc(C(=O)NC[C@H](O)CN3CCc4c(ccc(OCc5cnco5)c4Cl)C3)nc(C(C)(C)C)n2)C1. The van der Waals surface area contributed by atoms with Crippen molar-refractivity contribution in [2.75, 3.05) is 38.0 Å². The quantitative estimate of drug-likeness (QED) is 0.313. The molecule has 0 aliphatic carbocycles. The van der Waals surface area contributed by atoms with Gasteiger partial charge < -0.3 is 29.8 Å². The molecule has 1 saturated heterocycles. The highest BCUT2D eigenvalue weighted by atomic mass is 35.5. The van der Waals surface area contributed by atoms with Gasteiger partial charge in [0.1, 0.15) is 29.7 Å². The van der Waals surface area contributed by atoms with Gasteiger partial charge in [-0.1, -0.05) is 38.4 Å². The number of aliphatic hydroxyl groups excluding tert-OH is 1. The van der Waals surface area contributed by atoms with Crippen molar-refractivity contribution in [2.24, 2.45) is 0 Å². The monoisotopic (exact) mass is 611 g/mol. The first-order chi connectivity index (χ1) is 20.5. The summed E-state index contributed by atoms with van der Waals surface area (Å²) in [5.74, 6) is 1.92.